The van der Waals surface area contributed by atoms with E-state index < -0.39 is 0 Å². The lowest BCUT2D eigenvalue weighted by Crippen LogP contribution is -2.30. The minimum absolute atomic E-state index is 0.00162. The Hall–Kier alpha value is -3.45. The van der Waals surface area contributed by atoms with Crippen molar-refractivity contribution in [2.45, 2.75) is 23.1 Å². The molecule has 1 aromatic heterocycles. The molecule has 0 bridgehead atoms. The molecule has 31 heavy (non-hydrogen) atoms. The minimum Gasteiger partial charge on any atom is -0.339 e. The summed E-state index contributed by atoms with van der Waals surface area (Å²) in [4.78, 5) is 21.2. The number of amides is 1. The van der Waals surface area contributed by atoms with Crippen molar-refractivity contribution in [1.82, 2.24) is 10.1 Å². The van der Waals surface area contributed by atoms with E-state index >= 15 is 0 Å². The van der Waals surface area contributed by atoms with Crippen molar-refractivity contribution in [1.29, 1.82) is 0 Å². The first-order valence-electron chi connectivity index (χ1n) is 9.92. The van der Waals surface area contributed by atoms with Crippen LogP contribution in [0.4, 0.5) is 10.1 Å². The van der Waals surface area contributed by atoms with Crippen LogP contribution in [0.2, 0.25) is 0 Å². The SMILES string of the molecule is CCN1C(=O)c2ccccc2Sc2cc(-c3noc(Cc4ccc(F)cc4)n3)ccc21. The van der Waals surface area contributed by atoms with Crippen LogP contribution in [0.5, 0.6) is 0 Å². The van der Waals surface area contributed by atoms with E-state index in [1.165, 1.54) is 12.1 Å². The summed E-state index contributed by atoms with van der Waals surface area (Å²) in [7, 11) is 0. The summed E-state index contributed by atoms with van der Waals surface area (Å²) >= 11 is 1.56. The summed E-state index contributed by atoms with van der Waals surface area (Å²) < 4.78 is 18.5. The number of halogens is 1. The summed E-state index contributed by atoms with van der Waals surface area (Å²) in [5.41, 5.74) is 3.27. The Balaban J connectivity index is 1.48. The Morgan fingerprint density at radius 3 is 2.65 bits per heavy atom. The fraction of sp³-hybridized carbons (Fsp3) is 0.125. The summed E-state index contributed by atoms with van der Waals surface area (Å²) in [6, 6.07) is 19.7. The second kappa shape index (κ2) is 8.00. The van der Waals surface area contributed by atoms with Crippen LogP contribution < -0.4 is 4.90 Å². The van der Waals surface area contributed by atoms with Crippen molar-refractivity contribution in [2.24, 2.45) is 0 Å². The van der Waals surface area contributed by atoms with Crippen LogP contribution in [0.25, 0.3) is 11.4 Å². The molecule has 0 N–H and O–H groups in total. The number of hydrogen-bond acceptors (Lipinski definition) is 5. The quantitative estimate of drug-likeness (QED) is 0.421. The molecule has 1 aliphatic heterocycles. The zero-order valence-corrected chi connectivity index (χ0v) is 17.5. The topological polar surface area (TPSA) is 59.2 Å². The van der Waals surface area contributed by atoms with Crippen molar-refractivity contribution in [3.05, 3.63) is 89.6 Å². The molecule has 5 rings (SSSR count). The van der Waals surface area contributed by atoms with Crippen LogP contribution in [-0.2, 0) is 6.42 Å². The molecule has 3 aromatic carbocycles. The molecule has 0 aliphatic carbocycles. The molecule has 0 unspecified atom stereocenters. The standard InChI is InChI=1S/C24H18FN3O2S/c1-2-28-19-12-9-16(14-21(19)31-20-6-4-3-5-18(20)24(28)29)23-26-22(30-27-23)13-15-7-10-17(25)11-8-15/h3-12,14H,2,13H2,1H3. The van der Waals surface area contributed by atoms with Gasteiger partial charge in [0, 0.05) is 21.9 Å². The summed E-state index contributed by atoms with van der Waals surface area (Å²) in [5.74, 6) is 0.657. The predicted molar refractivity (Wildman–Crippen MR) is 117 cm³/mol. The largest absolute Gasteiger partial charge is 0.339 e. The van der Waals surface area contributed by atoms with Gasteiger partial charge in [0.15, 0.2) is 0 Å². The molecule has 1 aliphatic rings. The van der Waals surface area contributed by atoms with Gasteiger partial charge in [0.05, 0.1) is 17.7 Å². The summed E-state index contributed by atoms with van der Waals surface area (Å²) in [6.45, 7) is 2.54. The second-order valence-corrected chi connectivity index (χ2v) is 8.23. The maximum atomic E-state index is 13.1. The zero-order chi connectivity index (χ0) is 21.4. The smallest absolute Gasteiger partial charge is 0.259 e. The van der Waals surface area contributed by atoms with Gasteiger partial charge >= 0.3 is 0 Å². The first kappa shape index (κ1) is 19.5. The molecule has 0 spiro atoms. The number of benzene rings is 3. The number of hydrogen-bond donors (Lipinski definition) is 0. The normalized spacial score (nSPS) is 13.0. The molecule has 1 amide bonds. The van der Waals surface area contributed by atoms with Gasteiger partial charge in [0.2, 0.25) is 11.7 Å². The molecule has 0 saturated carbocycles. The fourth-order valence-electron chi connectivity index (χ4n) is 3.60. The molecule has 0 saturated heterocycles. The van der Waals surface area contributed by atoms with E-state index in [1.54, 1.807) is 28.8 Å². The van der Waals surface area contributed by atoms with Crippen LogP contribution in [0.15, 0.2) is 81.0 Å². The van der Waals surface area contributed by atoms with Gasteiger partial charge in [0.25, 0.3) is 5.91 Å². The van der Waals surface area contributed by atoms with Crippen LogP contribution >= 0.6 is 11.8 Å². The van der Waals surface area contributed by atoms with Crippen LogP contribution in [0.3, 0.4) is 0 Å². The molecule has 5 nitrogen and oxygen atoms in total. The van der Waals surface area contributed by atoms with E-state index in [1.807, 2.05) is 49.4 Å². The van der Waals surface area contributed by atoms with Gasteiger partial charge in [-0.15, -0.1) is 0 Å². The van der Waals surface area contributed by atoms with E-state index in [4.69, 9.17) is 4.52 Å². The number of rotatable bonds is 4. The van der Waals surface area contributed by atoms with Gasteiger partial charge in [-0.25, -0.2) is 4.39 Å². The lowest BCUT2D eigenvalue weighted by molar-refractivity contribution is 0.0985. The van der Waals surface area contributed by atoms with Gasteiger partial charge in [0.1, 0.15) is 5.82 Å². The number of fused-ring (bicyclic) bond motifs is 2. The summed E-state index contributed by atoms with van der Waals surface area (Å²) in [5, 5.41) is 4.12. The van der Waals surface area contributed by atoms with Crippen LogP contribution in [0, 0.1) is 5.82 Å². The molecule has 0 fully saturated rings. The Morgan fingerprint density at radius 1 is 1.03 bits per heavy atom. The third-order valence-electron chi connectivity index (χ3n) is 5.14. The van der Waals surface area contributed by atoms with E-state index in [0.717, 1.165) is 26.6 Å². The first-order chi connectivity index (χ1) is 15.1. The number of carbonyl (C=O) groups excluding carboxylic acids is 1. The van der Waals surface area contributed by atoms with Crippen molar-refractivity contribution in [3.63, 3.8) is 0 Å². The number of anilines is 1. The lowest BCUT2D eigenvalue weighted by Gasteiger charge is -2.21. The molecule has 4 aromatic rings. The third-order valence-corrected chi connectivity index (χ3v) is 6.27. The highest BCUT2D eigenvalue weighted by atomic mass is 32.2. The zero-order valence-electron chi connectivity index (χ0n) is 16.7. The van der Waals surface area contributed by atoms with Crippen molar-refractivity contribution in [3.8, 4) is 11.4 Å². The highest BCUT2D eigenvalue weighted by Crippen LogP contribution is 2.42. The Morgan fingerprint density at radius 2 is 1.84 bits per heavy atom. The lowest BCUT2D eigenvalue weighted by atomic mass is 10.1. The van der Waals surface area contributed by atoms with E-state index in [9.17, 15) is 9.18 Å². The van der Waals surface area contributed by atoms with Crippen molar-refractivity contribution >= 4 is 23.4 Å². The minimum atomic E-state index is -0.279. The van der Waals surface area contributed by atoms with Crippen molar-refractivity contribution in [2.75, 3.05) is 11.4 Å². The molecule has 0 radical (unpaired) electrons. The highest BCUT2D eigenvalue weighted by molar-refractivity contribution is 7.99. The Labute approximate surface area is 182 Å². The summed E-state index contributed by atoms with van der Waals surface area (Å²) in [6.07, 6.45) is 0.429. The Bertz CT molecular complexity index is 1270. The first-order valence-corrected chi connectivity index (χ1v) is 10.7. The van der Waals surface area contributed by atoms with E-state index in [2.05, 4.69) is 10.1 Å². The van der Waals surface area contributed by atoms with Gasteiger partial charge in [-0.3, -0.25) is 4.79 Å². The Kier molecular flexibility index (Phi) is 5.03. The molecule has 2 heterocycles. The average molecular weight is 431 g/mol. The predicted octanol–water partition coefficient (Wildman–Crippen LogP) is 5.60. The van der Waals surface area contributed by atoms with Crippen molar-refractivity contribution < 1.29 is 13.7 Å². The number of aromatic nitrogens is 2. The molecular weight excluding hydrogens is 413 g/mol. The molecular formula is C24H18FN3O2S. The van der Waals surface area contributed by atoms with Gasteiger partial charge in [-0.2, -0.15) is 4.98 Å². The monoisotopic (exact) mass is 431 g/mol. The maximum Gasteiger partial charge on any atom is 0.259 e. The molecule has 7 heteroatoms. The maximum absolute atomic E-state index is 13.1. The highest BCUT2D eigenvalue weighted by Gasteiger charge is 2.26. The van der Waals surface area contributed by atoms with Crippen LogP contribution in [-0.4, -0.2) is 22.6 Å². The molecule has 0 atom stereocenters. The van der Waals surface area contributed by atoms with E-state index in [0.29, 0.717) is 30.2 Å². The van der Waals surface area contributed by atoms with Gasteiger partial charge in [-0.1, -0.05) is 41.2 Å². The third kappa shape index (κ3) is 3.72. The fourth-order valence-corrected chi connectivity index (χ4v) is 4.72. The number of nitrogens with zero attached hydrogens (tertiary/aromatic N) is 3. The average Bonchev–Trinajstić information content (AvgIpc) is 3.21. The molecule has 154 valence electrons. The van der Waals surface area contributed by atoms with Gasteiger partial charge < -0.3 is 9.42 Å². The second-order valence-electron chi connectivity index (χ2n) is 7.15. The van der Waals surface area contributed by atoms with Gasteiger partial charge in [-0.05, 0) is 55.0 Å². The van der Waals surface area contributed by atoms with Crippen LogP contribution in [0.1, 0.15) is 28.7 Å². The number of carbonyl (C=O) groups is 1. The van der Waals surface area contributed by atoms with E-state index in [-0.39, 0.29) is 11.7 Å².